The van der Waals surface area contributed by atoms with Crippen molar-refractivity contribution < 1.29 is 19.1 Å². The number of methoxy groups -OCH3 is 1. The molecular formula is C21H21NO4. The lowest BCUT2D eigenvalue weighted by Gasteiger charge is -2.29. The molecule has 2 atom stereocenters. The van der Waals surface area contributed by atoms with Crippen LogP contribution in [0.25, 0.3) is 0 Å². The maximum absolute atomic E-state index is 13.5. The van der Waals surface area contributed by atoms with E-state index in [1.54, 1.807) is 12.0 Å². The highest BCUT2D eigenvalue weighted by molar-refractivity contribution is 6.10. The number of carbonyl (C=O) groups excluding carboxylic acids is 2. The fraction of sp³-hybridized carbons (Fsp3) is 0.333. The largest absolute Gasteiger partial charge is 0.497 e. The summed E-state index contributed by atoms with van der Waals surface area (Å²) in [7, 11) is 1.61. The summed E-state index contributed by atoms with van der Waals surface area (Å²) in [6, 6.07) is 15.1. The van der Waals surface area contributed by atoms with Gasteiger partial charge in [0.25, 0.3) is 5.91 Å². The molecule has 2 aliphatic rings. The van der Waals surface area contributed by atoms with Crippen molar-refractivity contribution in [3.05, 3.63) is 59.7 Å². The second-order valence-electron chi connectivity index (χ2n) is 6.71. The van der Waals surface area contributed by atoms with Gasteiger partial charge in [-0.25, -0.2) is 0 Å². The Morgan fingerprint density at radius 3 is 2.58 bits per heavy atom. The van der Waals surface area contributed by atoms with Crippen molar-refractivity contribution in [1.29, 1.82) is 0 Å². The Morgan fingerprint density at radius 1 is 1.15 bits per heavy atom. The molecular weight excluding hydrogens is 330 g/mol. The van der Waals surface area contributed by atoms with E-state index in [1.165, 1.54) is 0 Å². The van der Waals surface area contributed by atoms with E-state index in [1.807, 2.05) is 55.5 Å². The Morgan fingerprint density at radius 2 is 1.88 bits per heavy atom. The lowest BCUT2D eigenvalue weighted by Crippen LogP contribution is -2.43. The van der Waals surface area contributed by atoms with Crippen LogP contribution in [-0.4, -0.2) is 25.5 Å². The van der Waals surface area contributed by atoms with Gasteiger partial charge in [-0.15, -0.1) is 0 Å². The first-order chi connectivity index (χ1) is 12.6. The quantitative estimate of drug-likeness (QED) is 0.793. The number of benzene rings is 2. The first kappa shape index (κ1) is 16.6. The number of hydrogen-bond acceptors (Lipinski definition) is 4. The molecule has 26 heavy (non-hydrogen) atoms. The molecule has 1 saturated heterocycles. The molecule has 2 aromatic rings. The normalized spacial score (nSPS) is 24.1. The van der Waals surface area contributed by atoms with E-state index in [0.29, 0.717) is 6.54 Å². The van der Waals surface area contributed by atoms with Gasteiger partial charge in [0.15, 0.2) is 0 Å². The van der Waals surface area contributed by atoms with Gasteiger partial charge in [0.1, 0.15) is 5.75 Å². The molecule has 2 aliphatic heterocycles. The van der Waals surface area contributed by atoms with E-state index in [9.17, 15) is 9.59 Å². The fourth-order valence-electron chi connectivity index (χ4n) is 4.12. The van der Waals surface area contributed by atoms with Gasteiger partial charge >= 0.3 is 5.97 Å². The van der Waals surface area contributed by atoms with Crippen molar-refractivity contribution in [3.8, 4) is 5.75 Å². The smallest absolute Gasteiger partial charge is 0.308 e. The van der Waals surface area contributed by atoms with Gasteiger partial charge in [0.05, 0.1) is 19.2 Å². The van der Waals surface area contributed by atoms with Gasteiger partial charge in [-0.2, -0.15) is 0 Å². The van der Waals surface area contributed by atoms with E-state index in [-0.39, 0.29) is 24.2 Å². The zero-order valence-corrected chi connectivity index (χ0v) is 14.9. The SMILES string of the molecule is CCCN1C(=O)[C@@]2(OC(=O)C[C@H]2c2ccc(OC)cc2)c2ccccc21. The number of para-hydroxylation sites is 1. The van der Waals surface area contributed by atoms with Crippen molar-refractivity contribution in [1.82, 2.24) is 0 Å². The number of anilines is 1. The number of nitrogens with zero attached hydrogens (tertiary/aromatic N) is 1. The lowest BCUT2D eigenvalue weighted by molar-refractivity contribution is -0.157. The van der Waals surface area contributed by atoms with Crippen molar-refractivity contribution in [2.24, 2.45) is 0 Å². The average Bonchev–Trinajstić information content (AvgIpc) is 3.14. The highest BCUT2D eigenvalue weighted by atomic mass is 16.6. The summed E-state index contributed by atoms with van der Waals surface area (Å²) in [5.41, 5.74) is 1.26. The van der Waals surface area contributed by atoms with Crippen molar-refractivity contribution in [2.75, 3.05) is 18.6 Å². The number of esters is 1. The fourth-order valence-corrected chi connectivity index (χ4v) is 4.12. The van der Waals surface area contributed by atoms with Crippen LogP contribution in [0.3, 0.4) is 0 Å². The summed E-state index contributed by atoms with van der Waals surface area (Å²) in [5.74, 6) is -0.102. The maximum Gasteiger partial charge on any atom is 0.308 e. The standard InChI is InChI=1S/C21H21NO4/c1-3-12-22-18-7-5-4-6-16(18)21(20(22)24)17(13-19(23)26-21)14-8-10-15(25-2)11-9-14/h4-11,17H,3,12-13H2,1-2H3/t17-,21+/m0/s1. The third-order valence-corrected chi connectivity index (χ3v) is 5.26. The highest BCUT2D eigenvalue weighted by Gasteiger charge is 2.62. The summed E-state index contributed by atoms with van der Waals surface area (Å²) in [6.45, 7) is 2.63. The predicted molar refractivity (Wildman–Crippen MR) is 97.2 cm³/mol. The molecule has 0 bridgehead atoms. The van der Waals surface area contributed by atoms with Crippen molar-refractivity contribution in [2.45, 2.75) is 31.3 Å². The Hall–Kier alpha value is -2.82. The minimum absolute atomic E-state index is 0.146. The second-order valence-corrected chi connectivity index (χ2v) is 6.71. The van der Waals surface area contributed by atoms with Gasteiger partial charge in [0.2, 0.25) is 5.60 Å². The molecule has 1 spiro atoms. The van der Waals surface area contributed by atoms with Crippen molar-refractivity contribution >= 4 is 17.6 Å². The van der Waals surface area contributed by atoms with Gasteiger partial charge in [-0.1, -0.05) is 37.3 Å². The molecule has 0 aromatic heterocycles. The molecule has 1 fully saturated rings. The van der Waals surface area contributed by atoms with E-state index >= 15 is 0 Å². The van der Waals surface area contributed by atoms with Crippen LogP contribution in [0.15, 0.2) is 48.5 Å². The van der Waals surface area contributed by atoms with Crippen LogP contribution in [0.2, 0.25) is 0 Å². The zero-order chi connectivity index (χ0) is 18.3. The second kappa shape index (κ2) is 6.16. The van der Waals surface area contributed by atoms with Crippen molar-refractivity contribution in [3.63, 3.8) is 0 Å². The van der Waals surface area contributed by atoms with Gasteiger partial charge in [-0.3, -0.25) is 9.59 Å². The van der Waals surface area contributed by atoms with Gasteiger partial charge < -0.3 is 14.4 Å². The van der Waals surface area contributed by atoms with Crippen LogP contribution in [0.1, 0.15) is 36.8 Å². The third-order valence-electron chi connectivity index (χ3n) is 5.26. The monoisotopic (exact) mass is 351 g/mol. The molecule has 2 heterocycles. The van der Waals surface area contributed by atoms with E-state index in [0.717, 1.165) is 29.0 Å². The Balaban J connectivity index is 1.86. The molecule has 2 aromatic carbocycles. The molecule has 134 valence electrons. The average molecular weight is 351 g/mol. The van der Waals surface area contributed by atoms with Crippen LogP contribution in [0.5, 0.6) is 5.75 Å². The lowest BCUT2D eigenvalue weighted by atomic mass is 9.78. The van der Waals surface area contributed by atoms with Gasteiger partial charge in [-0.05, 0) is 30.2 Å². The minimum Gasteiger partial charge on any atom is -0.497 e. The van der Waals surface area contributed by atoms with Crippen LogP contribution >= 0.6 is 0 Å². The number of rotatable bonds is 4. The predicted octanol–water partition coefficient (Wildman–Crippen LogP) is 3.38. The first-order valence-electron chi connectivity index (χ1n) is 8.89. The van der Waals surface area contributed by atoms with Crippen LogP contribution in [-0.2, 0) is 19.9 Å². The highest BCUT2D eigenvalue weighted by Crippen LogP contribution is 2.55. The molecule has 5 nitrogen and oxygen atoms in total. The van der Waals surface area contributed by atoms with Crippen LogP contribution in [0.4, 0.5) is 5.69 Å². The summed E-state index contributed by atoms with van der Waals surface area (Å²) < 4.78 is 11.0. The first-order valence-corrected chi connectivity index (χ1v) is 8.89. The molecule has 0 N–H and O–H groups in total. The molecule has 0 aliphatic carbocycles. The molecule has 5 heteroatoms. The summed E-state index contributed by atoms with van der Waals surface area (Å²) >= 11 is 0. The molecule has 0 saturated carbocycles. The molecule has 1 amide bonds. The molecule has 4 rings (SSSR count). The van der Waals surface area contributed by atoms with E-state index in [2.05, 4.69) is 0 Å². The number of fused-ring (bicyclic) bond motifs is 2. The summed E-state index contributed by atoms with van der Waals surface area (Å²) in [5, 5.41) is 0. The minimum atomic E-state index is -1.27. The maximum atomic E-state index is 13.5. The number of ether oxygens (including phenoxy) is 2. The Labute approximate surface area is 152 Å². The summed E-state index contributed by atoms with van der Waals surface area (Å²) in [6.07, 6.45) is 1.02. The Kier molecular flexibility index (Phi) is 3.94. The molecule has 0 radical (unpaired) electrons. The van der Waals surface area contributed by atoms with Crippen LogP contribution < -0.4 is 9.64 Å². The third kappa shape index (κ3) is 2.23. The number of carbonyl (C=O) groups is 2. The topological polar surface area (TPSA) is 55.8 Å². The van der Waals surface area contributed by atoms with Crippen LogP contribution in [0, 0.1) is 0 Å². The van der Waals surface area contributed by atoms with E-state index in [4.69, 9.17) is 9.47 Å². The summed E-state index contributed by atoms with van der Waals surface area (Å²) in [4.78, 5) is 27.5. The Bertz CT molecular complexity index is 861. The molecule has 0 unspecified atom stereocenters. The van der Waals surface area contributed by atoms with E-state index < -0.39 is 5.60 Å². The van der Waals surface area contributed by atoms with Gasteiger partial charge in [0, 0.05) is 18.0 Å². The number of amides is 1. The number of hydrogen-bond donors (Lipinski definition) is 0. The zero-order valence-electron chi connectivity index (χ0n) is 14.9.